The van der Waals surface area contributed by atoms with E-state index in [2.05, 4.69) is 17.9 Å². The van der Waals surface area contributed by atoms with Crippen molar-refractivity contribution in [2.45, 2.75) is 37.0 Å². The summed E-state index contributed by atoms with van der Waals surface area (Å²) in [6.07, 6.45) is 2.49. The molecule has 2 N–H and O–H groups in total. The standard InChI is InChI=1S/C17H22N2O4S/c20-15(21)11-19-9-5-4-8-13(17(19)23)18-16(22)14(24)10-12-6-2-1-3-7-12/h1-3,6-7,13-14,24H,4-5,8-11H2,(H,18,22)(H,20,21). The molecule has 0 radical (unpaired) electrons. The van der Waals surface area contributed by atoms with E-state index in [9.17, 15) is 14.4 Å². The van der Waals surface area contributed by atoms with Crippen molar-refractivity contribution in [3.8, 4) is 0 Å². The van der Waals surface area contributed by atoms with Gasteiger partial charge in [-0.05, 0) is 31.2 Å². The number of nitrogens with zero attached hydrogens (tertiary/aromatic N) is 1. The van der Waals surface area contributed by atoms with E-state index in [-0.39, 0.29) is 18.4 Å². The van der Waals surface area contributed by atoms with Crippen LogP contribution < -0.4 is 5.32 Å². The molecule has 1 heterocycles. The van der Waals surface area contributed by atoms with Crippen LogP contribution in [0.3, 0.4) is 0 Å². The summed E-state index contributed by atoms with van der Waals surface area (Å²) in [5.74, 6) is -1.69. The monoisotopic (exact) mass is 350 g/mol. The van der Waals surface area contributed by atoms with Crippen LogP contribution in [0.15, 0.2) is 30.3 Å². The van der Waals surface area contributed by atoms with Crippen molar-refractivity contribution in [2.24, 2.45) is 0 Å². The van der Waals surface area contributed by atoms with Crippen molar-refractivity contribution in [1.82, 2.24) is 10.2 Å². The van der Waals surface area contributed by atoms with Gasteiger partial charge in [0.25, 0.3) is 0 Å². The van der Waals surface area contributed by atoms with Gasteiger partial charge >= 0.3 is 5.97 Å². The largest absolute Gasteiger partial charge is 0.480 e. The fourth-order valence-corrected chi connectivity index (χ4v) is 3.04. The smallest absolute Gasteiger partial charge is 0.323 e. The van der Waals surface area contributed by atoms with Gasteiger partial charge in [-0.3, -0.25) is 14.4 Å². The third kappa shape index (κ3) is 5.26. The summed E-state index contributed by atoms with van der Waals surface area (Å²) in [5, 5.41) is 11.1. The third-order valence-corrected chi connectivity index (χ3v) is 4.41. The van der Waals surface area contributed by atoms with Gasteiger partial charge < -0.3 is 15.3 Å². The summed E-state index contributed by atoms with van der Waals surface area (Å²) in [5.41, 5.74) is 0.993. The molecular formula is C17H22N2O4S. The van der Waals surface area contributed by atoms with Crippen LogP contribution in [0.25, 0.3) is 0 Å². The SMILES string of the molecule is O=C(O)CN1CCCCC(NC(=O)C(S)Cc2ccccc2)C1=O. The first-order valence-electron chi connectivity index (χ1n) is 8.00. The van der Waals surface area contributed by atoms with Crippen molar-refractivity contribution in [3.05, 3.63) is 35.9 Å². The van der Waals surface area contributed by atoms with E-state index >= 15 is 0 Å². The zero-order valence-electron chi connectivity index (χ0n) is 13.4. The van der Waals surface area contributed by atoms with E-state index < -0.39 is 17.3 Å². The Morgan fingerprint density at radius 3 is 2.67 bits per heavy atom. The normalized spacial score (nSPS) is 19.5. The van der Waals surface area contributed by atoms with E-state index in [4.69, 9.17) is 5.11 Å². The Balaban J connectivity index is 1.95. The molecule has 24 heavy (non-hydrogen) atoms. The van der Waals surface area contributed by atoms with Crippen LogP contribution in [-0.4, -0.2) is 52.2 Å². The van der Waals surface area contributed by atoms with E-state index in [1.54, 1.807) is 0 Å². The van der Waals surface area contributed by atoms with Crippen molar-refractivity contribution < 1.29 is 19.5 Å². The number of likely N-dealkylation sites (tertiary alicyclic amines) is 1. The molecule has 1 aromatic carbocycles. The van der Waals surface area contributed by atoms with Crippen molar-refractivity contribution in [2.75, 3.05) is 13.1 Å². The molecule has 2 rings (SSSR count). The van der Waals surface area contributed by atoms with Gasteiger partial charge in [0.1, 0.15) is 12.6 Å². The maximum absolute atomic E-state index is 12.4. The minimum absolute atomic E-state index is 0.308. The molecule has 1 aromatic rings. The average molecular weight is 350 g/mol. The molecule has 1 saturated heterocycles. The summed E-state index contributed by atoms with van der Waals surface area (Å²) in [6, 6.07) is 8.85. The topological polar surface area (TPSA) is 86.7 Å². The zero-order valence-corrected chi connectivity index (χ0v) is 14.2. The van der Waals surface area contributed by atoms with Gasteiger partial charge in [-0.2, -0.15) is 12.6 Å². The molecule has 0 spiro atoms. The predicted octanol–water partition coefficient (Wildman–Crippen LogP) is 1.11. The van der Waals surface area contributed by atoms with Crippen LogP contribution in [0, 0.1) is 0 Å². The zero-order chi connectivity index (χ0) is 17.5. The maximum atomic E-state index is 12.4. The van der Waals surface area contributed by atoms with E-state index in [0.717, 1.165) is 18.4 Å². The third-order valence-electron chi connectivity index (χ3n) is 4.00. The average Bonchev–Trinajstić information content (AvgIpc) is 2.71. The number of carbonyl (C=O) groups excluding carboxylic acids is 2. The van der Waals surface area contributed by atoms with Crippen molar-refractivity contribution in [1.29, 1.82) is 0 Å². The van der Waals surface area contributed by atoms with Gasteiger partial charge in [0.15, 0.2) is 0 Å². The van der Waals surface area contributed by atoms with Crippen LogP contribution in [-0.2, 0) is 20.8 Å². The summed E-state index contributed by atoms with van der Waals surface area (Å²) in [4.78, 5) is 36.9. The first kappa shape index (κ1) is 18.3. The van der Waals surface area contributed by atoms with Gasteiger partial charge in [-0.15, -0.1) is 0 Å². The van der Waals surface area contributed by atoms with Gasteiger partial charge in [-0.25, -0.2) is 0 Å². The Hall–Kier alpha value is -2.02. The lowest BCUT2D eigenvalue weighted by atomic mass is 10.1. The summed E-state index contributed by atoms with van der Waals surface area (Å²) in [6.45, 7) is 0.0747. The maximum Gasteiger partial charge on any atom is 0.323 e. The fraction of sp³-hybridized carbons (Fsp3) is 0.471. The molecule has 7 heteroatoms. The highest BCUT2D eigenvalue weighted by Crippen LogP contribution is 2.14. The number of benzene rings is 1. The van der Waals surface area contributed by atoms with Crippen LogP contribution >= 0.6 is 12.6 Å². The summed E-state index contributed by atoms with van der Waals surface area (Å²) < 4.78 is 0. The number of hydrogen-bond donors (Lipinski definition) is 3. The van der Waals surface area contributed by atoms with Crippen LogP contribution in [0.2, 0.25) is 0 Å². The highest BCUT2D eigenvalue weighted by Gasteiger charge is 2.30. The summed E-state index contributed by atoms with van der Waals surface area (Å²) >= 11 is 4.34. The number of nitrogens with one attached hydrogen (secondary N) is 1. The highest BCUT2D eigenvalue weighted by atomic mass is 32.1. The highest BCUT2D eigenvalue weighted by molar-refractivity contribution is 7.81. The minimum atomic E-state index is -1.05. The fourth-order valence-electron chi connectivity index (χ4n) is 2.76. The number of rotatable bonds is 6. The molecule has 0 aliphatic carbocycles. The second kappa shape index (κ2) is 8.73. The van der Waals surface area contributed by atoms with Crippen molar-refractivity contribution in [3.63, 3.8) is 0 Å². The molecule has 1 aliphatic heterocycles. The Morgan fingerprint density at radius 2 is 2.00 bits per heavy atom. The molecule has 130 valence electrons. The number of carboxylic acid groups (broad SMARTS) is 1. The molecule has 6 nitrogen and oxygen atoms in total. The number of carboxylic acids is 1. The molecule has 0 saturated carbocycles. The minimum Gasteiger partial charge on any atom is -0.480 e. The van der Waals surface area contributed by atoms with E-state index in [1.807, 2.05) is 30.3 Å². The first-order chi connectivity index (χ1) is 11.5. The quantitative estimate of drug-likeness (QED) is 0.671. The summed E-state index contributed by atoms with van der Waals surface area (Å²) in [7, 11) is 0. The Morgan fingerprint density at radius 1 is 1.29 bits per heavy atom. The van der Waals surface area contributed by atoms with Gasteiger partial charge in [0, 0.05) is 6.54 Å². The number of hydrogen-bond acceptors (Lipinski definition) is 4. The second-order valence-electron chi connectivity index (χ2n) is 5.92. The lowest BCUT2D eigenvalue weighted by Gasteiger charge is -2.24. The van der Waals surface area contributed by atoms with Gasteiger partial charge in [0.05, 0.1) is 5.25 Å². The predicted molar refractivity (Wildman–Crippen MR) is 92.9 cm³/mol. The molecule has 2 unspecified atom stereocenters. The molecule has 2 amide bonds. The molecule has 1 aliphatic rings. The number of aliphatic carboxylic acids is 1. The molecule has 2 atom stereocenters. The second-order valence-corrected chi connectivity index (χ2v) is 6.54. The molecule has 1 fully saturated rings. The van der Waals surface area contributed by atoms with Gasteiger partial charge in [-0.1, -0.05) is 30.3 Å². The lowest BCUT2D eigenvalue weighted by molar-refractivity contribution is -0.145. The molecule has 0 bridgehead atoms. The lowest BCUT2D eigenvalue weighted by Crippen LogP contribution is -2.50. The molecule has 0 aromatic heterocycles. The molecular weight excluding hydrogens is 328 g/mol. The van der Waals surface area contributed by atoms with Crippen LogP contribution in [0.1, 0.15) is 24.8 Å². The van der Waals surface area contributed by atoms with Crippen molar-refractivity contribution >= 4 is 30.4 Å². The number of amides is 2. The van der Waals surface area contributed by atoms with Crippen LogP contribution in [0.4, 0.5) is 0 Å². The van der Waals surface area contributed by atoms with Gasteiger partial charge in [0.2, 0.25) is 11.8 Å². The Bertz CT molecular complexity index is 594. The number of carbonyl (C=O) groups is 3. The Kier molecular flexibility index (Phi) is 6.66. The first-order valence-corrected chi connectivity index (χ1v) is 8.52. The van der Waals surface area contributed by atoms with E-state index in [0.29, 0.717) is 19.4 Å². The Labute approximate surface area is 146 Å². The van der Waals surface area contributed by atoms with E-state index in [1.165, 1.54) is 4.90 Å². The van der Waals surface area contributed by atoms with Crippen LogP contribution in [0.5, 0.6) is 0 Å². The number of thiol groups is 1.